The lowest BCUT2D eigenvalue weighted by atomic mass is 9.91. The summed E-state index contributed by atoms with van der Waals surface area (Å²) in [4.78, 5) is 37.9. The Labute approximate surface area is 153 Å². The molecule has 2 aromatic heterocycles. The maximum absolute atomic E-state index is 13.0. The Kier molecular flexibility index (Phi) is 4.98. The van der Waals surface area contributed by atoms with E-state index in [0.717, 1.165) is 30.9 Å². The number of nitrogens with one attached hydrogen (secondary N) is 1. The highest BCUT2D eigenvalue weighted by molar-refractivity contribution is 5.92. The topological polar surface area (TPSA) is 83.9 Å². The number of likely N-dealkylation sites (tertiary alicyclic amines) is 1. The summed E-state index contributed by atoms with van der Waals surface area (Å²) >= 11 is 0. The number of hydrogen-bond acceptors (Lipinski definition) is 4. The molecule has 3 rings (SSSR count). The second-order valence-corrected chi connectivity index (χ2v) is 7.90. The summed E-state index contributed by atoms with van der Waals surface area (Å²) in [5.74, 6) is 1.06. The number of carbonyl (C=O) groups is 1. The van der Waals surface area contributed by atoms with Gasteiger partial charge in [0.25, 0.3) is 5.91 Å². The molecule has 1 unspecified atom stereocenters. The van der Waals surface area contributed by atoms with Crippen LogP contribution in [-0.4, -0.2) is 43.4 Å². The highest BCUT2D eigenvalue weighted by Crippen LogP contribution is 2.27. The Hall–Kier alpha value is -2.44. The number of aromatic nitrogens is 4. The molecular weight excluding hydrogens is 330 g/mol. The molecule has 1 atom stereocenters. The Morgan fingerprint density at radius 3 is 2.85 bits per heavy atom. The Morgan fingerprint density at radius 1 is 1.38 bits per heavy atom. The molecule has 2 aromatic rings. The molecule has 1 amide bonds. The van der Waals surface area contributed by atoms with Gasteiger partial charge in [0.05, 0.1) is 0 Å². The molecule has 3 heterocycles. The van der Waals surface area contributed by atoms with Gasteiger partial charge in [0, 0.05) is 49.1 Å². The van der Waals surface area contributed by atoms with E-state index in [9.17, 15) is 9.59 Å². The predicted octanol–water partition coefficient (Wildman–Crippen LogP) is 2.30. The van der Waals surface area contributed by atoms with Gasteiger partial charge in [-0.1, -0.05) is 20.8 Å². The lowest BCUT2D eigenvalue weighted by Gasteiger charge is -2.32. The number of carbonyl (C=O) groups excluding carboxylic acids is 1. The number of H-pyrrole nitrogens is 1. The third kappa shape index (κ3) is 3.71. The summed E-state index contributed by atoms with van der Waals surface area (Å²) in [6.07, 6.45) is 5.72. The molecule has 1 N–H and O–H groups in total. The SMILES string of the molecule is CCn1ccnc1C1CCCN(C(=O)c2cc(C(C)(C)C)[nH]c(=O)n2)C1. The predicted molar refractivity (Wildman–Crippen MR) is 99.3 cm³/mol. The van der Waals surface area contributed by atoms with Crippen molar-refractivity contribution in [2.24, 2.45) is 0 Å². The van der Waals surface area contributed by atoms with Gasteiger partial charge in [-0.15, -0.1) is 0 Å². The van der Waals surface area contributed by atoms with Crippen LogP contribution in [0.2, 0.25) is 0 Å². The lowest BCUT2D eigenvalue weighted by Crippen LogP contribution is -2.41. The van der Waals surface area contributed by atoms with Crippen LogP contribution in [-0.2, 0) is 12.0 Å². The number of aromatic amines is 1. The first-order valence-corrected chi connectivity index (χ1v) is 9.21. The molecule has 7 nitrogen and oxygen atoms in total. The van der Waals surface area contributed by atoms with E-state index in [2.05, 4.69) is 26.4 Å². The van der Waals surface area contributed by atoms with Gasteiger partial charge >= 0.3 is 5.69 Å². The minimum Gasteiger partial charge on any atom is -0.337 e. The zero-order valence-corrected chi connectivity index (χ0v) is 16.0. The number of amides is 1. The van der Waals surface area contributed by atoms with Gasteiger partial charge < -0.3 is 14.5 Å². The van der Waals surface area contributed by atoms with Crippen LogP contribution in [0.15, 0.2) is 23.3 Å². The van der Waals surface area contributed by atoms with Crippen molar-refractivity contribution >= 4 is 5.91 Å². The van der Waals surface area contributed by atoms with Crippen LogP contribution in [0, 0.1) is 0 Å². The van der Waals surface area contributed by atoms with Crippen molar-refractivity contribution in [3.63, 3.8) is 0 Å². The van der Waals surface area contributed by atoms with Crippen molar-refractivity contribution in [2.45, 2.75) is 58.4 Å². The standard InChI is InChI=1S/C19H27N5O2/c1-5-23-10-8-20-16(23)13-7-6-9-24(12-13)17(25)14-11-15(19(2,3)4)22-18(26)21-14/h8,10-11,13H,5-7,9,12H2,1-4H3,(H,21,22,26). The van der Waals surface area contributed by atoms with E-state index in [0.29, 0.717) is 13.1 Å². The van der Waals surface area contributed by atoms with Gasteiger partial charge in [-0.25, -0.2) is 9.78 Å². The summed E-state index contributed by atoms with van der Waals surface area (Å²) in [5, 5.41) is 0. The minimum atomic E-state index is -0.476. The molecule has 0 bridgehead atoms. The fraction of sp³-hybridized carbons (Fsp3) is 0.579. The van der Waals surface area contributed by atoms with Gasteiger partial charge in [-0.05, 0) is 25.8 Å². The third-order valence-electron chi connectivity index (χ3n) is 4.93. The second-order valence-electron chi connectivity index (χ2n) is 7.90. The van der Waals surface area contributed by atoms with Gasteiger partial charge in [-0.2, -0.15) is 4.98 Å². The van der Waals surface area contributed by atoms with Crippen molar-refractivity contribution in [3.8, 4) is 0 Å². The van der Waals surface area contributed by atoms with Crippen LogP contribution in [0.4, 0.5) is 0 Å². The fourth-order valence-corrected chi connectivity index (χ4v) is 3.45. The van der Waals surface area contributed by atoms with Crippen LogP contribution in [0.5, 0.6) is 0 Å². The van der Waals surface area contributed by atoms with E-state index < -0.39 is 5.69 Å². The highest BCUT2D eigenvalue weighted by atomic mass is 16.2. The second kappa shape index (κ2) is 7.05. The van der Waals surface area contributed by atoms with Crippen LogP contribution in [0.3, 0.4) is 0 Å². The monoisotopic (exact) mass is 357 g/mol. The third-order valence-corrected chi connectivity index (χ3v) is 4.93. The van der Waals surface area contributed by atoms with Gasteiger partial charge in [0.15, 0.2) is 0 Å². The molecule has 1 aliphatic rings. The molecule has 1 fully saturated rings. The normalized spacial score (nSPS) is 18.2. The molecule has 7 heteroatoms. The first kappa shape index (κ1) is 18.4. The summed E-state index contributed by atoms with van der Waals surface area (Å²) in [6, 6.07) is 1.71. The first-order chi connectivity index (χ1) is 12.3. The quantitative estimate of drug-likeness (QED) is 0.913. The van der Waals surface area contributed by atoms with Crippen LogP contribution in [0.1, 0.15) is 68.5 Å². The number of rotatable bonds is 3. The first-order valence-electron chi connectivity index (χ1n) is 9.21. The largest absolute Gasteiger partial charge is 0.345 e. The maximum Gasteiger partial charge on any atom is 0.345 e. The minimum absolute atomic E-state index is 0.180. The van der Waals surface area contributed by atoms with E-state index in [4.69, 9.17) is 0 Å². The number of hydrogen-bond donors (Lipinski definition) is 1. The van der Waals surface area contributed by atoms with Crippen molar-refractivity contribution in [1.29, 1.82) is 0 Å². The van der Waals surface area contributed by atoms with Crippen molar-refractivity contribution < 1.29 is 4.79 Å². The molecule has 0 spiro atoms. The van der Waals surface area contributed by atoms with Gasteiger partial charge in [-0.3, -0.25) is 4.79 Å². The summed E-state index contributed by atoms with van der Waals surface area (Å²) in [6.45, 7) is 10.2. The van der Waals surface area contributed by atoms with Crippen LogP contribution in [0.25, 0.3) is 0 Å². The molecule has 1 aliphatic heterocycles. The highest BCUT2D eigenvalue weighted by Gasteiger charge is 2.29. The number of nitrogens with zero attached hydrogens (tertiary/aromatic N) is 4. The maximum atomic E-state index is 13.0. The van der Waals surface area contributed by atoms with E-state index in [1.165, 1.54) is 0 Å². The molecule has 1 saturated heterocycles. The smallest absolute Gasteiger partial charge is 0.337 e. The molecule has 0 saturated carbocycles. The summed E-state index contributed by atoms with van der Waals surface area (Å²) in [7, 11) is 0. The van der Waals surface area contributed by atoms with E-state index >= 15 is 0 Å². The molecule has 26 heavy (non-hydrogen) atoms. The van der Waals surface area contributed by atoms with E-state index in [1.54, 1.807) is 11.0 Å². The Morgan fingerprint density at radius 2 is 2.15 bits per heavy atom. The Balaban J connectivity index is 1.84. The summed E-state index contributed by atoms with van der Waals surface area (Å²) < 4.78 is 2.13. The van der Waals surface area contributed by atoms with E-state index in [1.807, 2.05) is 33.2 Å². The number of aryl methyl sites for hydroxylation is 1. The van der Waals surface area contributed by atoms with Gasteiger partial charge in [0.2, 0.25) is 0 Å². The van der Waals surface area contributed by atoms with Crippen LogP contribution >= 0.6 is 0 Å². The summed E-state index contributed by atoms with van der Waals surface area (Å²) in [5.41, 5.74) is 0.206. The van der Waals surface area contributed by atoms with Crippen molar-refractivity contribution in [1.82, 2.24) is 24.4 Å². The Bertz CT molecular complexity index is 846. The lowest BCUT2D eigenvalue weighted by molar-refractivity contribution is 0.0696. The molecular formula is C19H27N5O2. The molecule has 0 aliphatic carbocycles. The van der Waals surface area contributed by atoms with Crippen LogP contribution < -0.4 is 5.69 Å². The number of piperidine rings is 1. The fourth-order valence-electron chi connectivity index (χ4n) is 3.45. The number of imidazole rings is 1. The molecule has 0 radical (unpaired) electrons. The molecule has 0 aromatic carbocycles. The van der Waals surface area contributed by atoms with Gasteiger partial charge in [0.1, 0.15) is 11.5 Å². The zero-order valence-electron chi connectivity index (χ0n) is 16.0. The average molecular weight is 357 g/mol. The average Bonchev–Trinajstić information content (AvgIpc) is 3.08. The molecule has 140 valence electrons. The zero-order chi connectivity index (χ0) is 18.9. The van der Waals surface area contributed by atoms with E-state index in [-0.39, 0.29) is 22.9 Å². The van der Waals surface area contributed by atoms with Crippen molar-refractivity contribution in [3.05, 3.63) is 46.2 Å². The van der Waals surface area contributed by atoms with Crippen molar-refractivity contribution in [2.75, 3.05) is 13.1 Å².